The van der Waals surface area contributed by atoms with Gasteiger partial charge in [-0.15, -0.1) is 0 Å². The Morgan fingerprint density at radius 2 is 1.97 bits per heavy atom. The second-order valence-electron chi connectivity index (χ2n) is 10.4. The summed E-state index contributed by atoms with van der Waals surface area (Å²) in [7, 11) is 0. The summed E-state index contributed by atoms with van der Waals surface area (Å²) < 4.78 is 12.5. The number of aliphatic hydroxyl groups excluding tert-OH is 1. The molecule has 184 valence electrons. The average Bonchev–Trinajstić information content (AvgIpc) is 3.61. The van der Waals surface area contributed by atoms with Crippen molar-refractivity contribution < 1.29 is 29.6 Å². The van der Waals surface area contributed by atoms with Gasteiger partial charge in [-0.3, -0.25) is 0 Å². The second-order valence-corrected chi connectivity index (χ2v) is 10.4. The van der Waals surface area contributed by atoms with Crippen LogP contribution in [0.3, 0.4) is 0 Å². The van der Waals surface area contributed by atoms with E-state index < -0.39 is 23.1 Å². The minimum Gasteiger partial charge on any atom is -0.508 e. The van der Waals surface area contributed by atoms with Crippen molar-refractivity contribution in [3.05, 3.63) is 70.5 Å². The summed E-state index contributed by atoms with van der Waals surface area (Å²) >= 11 is 0. The van der Waals surface area contributed by atoms with Crippen molar-refractivity contribution in [3.63, 3.8) is 0 Å². The molecule has 0 bridgehead atoms. The van der Waals surface area contributed by atoms with Crippen molar-refractivity contribution >= 4 is 5.97 Å². The third-order valence-electron chi connectivity index (χ3n) is 8.52. The number of ether oxygens (including phenoxy) is 2. The smallest absolute Gasteiger partial charge is 0.335 e. The van der Waals surface area contributed by atoms with Gasteiger partial charge in [-0.05, 0) is 55.3 Å². The molecule has 1 saturated carbocycles. The van der Waals surface area contributed by atoms with Crippen LogP contribution in [-0.4, -0.2) is 45.6 Å². The molecule has 3 aliphatic carbocycles. The summed E-state index contributed by atoms with van der Waals surface area (Å²) in [6.07, 6.45) is 2.25. The molecule has 4 aliphatic rings. The number of carboxylic acids is 1. The molecule has 2 aromatic carbocycles. The van der Waals surface area contributed by atoms with Gasteiger partial charge in [0.1, 0.15) is 12.4 Å². The molecule has 0 aromatic heterocycles. The van der Waals surface area contributed by atoms with E-state index >= 15 is 0 Å². The first-order valence-corrected chi connectivity index (χ1v) is 12.5. The Kier molecular flexibility index (Phi) is 5.13. The number of hydrogen-bond acceptors (Lipinski definition) is 6. The summed E-state index contributed by atoms with van der Waals surface area (Å²) in [5.74, 6) is 0.105. The van der Waals surface area contributed by atoms with Crippen LogP contribution in [0.25, 0.3) is 0 Å². The zero-order valence-electron chi connectivity index (χ0n) is 19.8. The molecule has 0 radical (unpaired) electrons. The van der Waals surface area contributed by atoms with E-state index in [0.29, 0.717) is 36.9 Å². The lowest BCUT2D eigenvalue weighted by Crippen LogP contribution is -2.71. The third-order valence-corrected chi connectivity index (χ3v) is 8.52. The SMILES string of the molecule is CC[C@]12c3c4ccc(OCc5ccccc5)c3OC1C(O)=C(C(=O)O)CC2(O)C(NCC1CC1)C4. The maximum atomic E-state index is 12.4. The fourth-order valence-electron chi connectivity index (χ4n) is 6.54. The van der Waals surface area contributed by atoms with Gasteiger partial charge in [0.15, 0.2) is 17.6 Å². The molecule has 7 heteroatoms. The van der Waals surface area contributed by atoms with Crippen molar-refractivity contribution in [2.45, 2.75) is 68.8 Å². The van der Waals surface area contributed by atoms with Gasteiger partial charge in [-0.2, -0.15) is 0 Å². The van der Waals surface area contributed by atoms with Crippen LogP contribution >= 0.6 is 0 Å². The Balaban J connectivity index is 1.47. The molecule has 2 aromatic rings. The van der Waals surface area contributed by atoms with Gasteiger partial charge in [0.05, 0.1) is 16.6 Å². The van der Waals surface area contributed by atoms with E-state index in [-0.39, 0.29) is 23.8 Å². The Hall–Kier alpha value is -3.03. The molecule has 4 atom stereocenters. The van der Waals surface area contributed by atoms with Gasteiger partial charge in [0.2, 0.25) is 0 Å². The van der Waals surface area contributed by atoms with Crippen LogP contribution in [-0.2, 0) is 23.2 Å². The number of carboxylic acid groups (broad SMARTS) is 1. The van der Waals surface area contributed by atoms with Crippen LogP contribution in [0.2, 0.25) is 0 Å². The molecular formula is C28H31NO6. The number of rotatable bonds is 8. The molecule has 0 amide bonds. The minimum absolute atomic E-state index is 0.141. The molecular weight excluding hydrogens is 446 g/mol. The predicted molar refractivity (Wildman–Crippen MR) is 129 cm³/mol. The summed E-state index contributed by atoms with van der Waals surface area (Å²) in [6.45, 7) is 3.11. The van der Waals surface area contributed by atoms with Crippen LogP contribution in [0.1, 0.15) is 49.3 Å². The monoisotopic (exact) mass is 477 g/mol. The molecule has 1 fully saturated rings. The average molecular weight is 478 g/mol. The van der Waals surface area contributed by atoms with Crippen molar-refractivity contribution in [2.75, 3.05) is 6.54 Å². The van der Waals surface area contributed by atoms with Crippen molar-refractivity contribution in [3.8, 4) is 11.5 Å². The maximum absolute atomic E-state index is 12.4. The first-order chi connectivity index (χ1) is 16.9. The number of hydrogen-bond donors (Lipinski definition) is 4. The summed E-state index contributed by atoms with van der Waals surface area (Å²) in [5.41, 5.74) is 0.307. The van der Waals surface area contributed by atoms with Crippen LogP contribution in [0.15, 0.2) is 53.8 Å². The number of carbonyl (C=O) groups is 1. The van der Waals surface area contributed by atoms with Crippen molar-refractivity contribution in [1.82, 2.24) is 5.32 Å². The van der Waals surface area contributed by atoms with Crippen LogP contribution in [0.4, 0.5) is 0 Å². The van der Waals surface area contributed by atoms with E-state index in [9.17, 15) is 20.1 Å². The van der Waals surface area contributed by atoms with E-state index in [1.54, 1.807) is 0 Å². The van der Waals surface area contributed by atoms with E-state index in [0.717, 1.165) is 23.2 Å². The molecule has 6 rings (SSSR count). The lowest BCUT2D eigenvalue weighted by molar-refractivity contribution is -0.141. The Labute approximate surface area is 204 Å². The quantitative estimate of drug-likeness (QED) is 0.460. The second kappa shape index (κ2) is 8.00. The van der Waals surface area contributed by atoms with Crippen LogP contribution < -0.4 is 14.8 Å². The molecule has 0 saturated heterocycles. The van der Waals surface area contributed by atoms with Gasteiger partial charge < -0.3 is 30.1 Å². The molecule has 7 nitrogen and oxygen atoms in total. The largest absolute Gasteiger partial charge is 0.508 e. The number of aliphatic carboxylic acids is 1. The molecule has 0 spiro atoms. The lowest BCUT2D eigenvalue weighted by atomic mass is 9.51. The first kappa shape index (κ1) is 22.4. The first-order valence-electron chi connectivity index (χ1n) is 12.5. The van der Waals surface area contributed by atoms with Gasteiger partial charge in [0, 0.05) is 18.0 Å². The van der Waals surface area contributed by atoms with Gasteiger partial charge in [0.25, 0.3) is 0 Å². The lowest BCUT2D eigenvalue weighted by Gasteiger charge is -2.56. The zero-order chi connectivity index (χ0) is 24.4. The van der Waals surface area contributed by atoms with Gasteiger partial charge in [-0.1, -0.05) is 43.3 Å². The summed E-state index contributed by atoms with van der Waals surface area (Å²) in [4.78, 5) is 12.1. The molecule has 3 unspecified atom stereocenters. The van der Waals surface area contributed by atoms with E-state index in [4.69, 9.17) is 9.47 Å². The standard InChI is InChI=1S/C28H31NO6/c1-2-27-22-18-10-11-20(34-15-17-6-4-3-5-7-17)24(22)35-25(27)23(30)19(26(31)32)13-28(27,33)21(12-18)29-14-16-8-9-16/h3-7,10-11,16,21,25,29-30,33H,2,8-9,12-15H2,1H3,(H,31,32)/t21?,25?,27-,28?/m0/s1. The van der Waals surface area contributed by atoms with E-state index in [1.807, 2.05) is 49.4 Å². The predicted octanol–water partition coefficient (Wildman–Crippen LogP) is 3.63. The van der Waals surface area contributed by atoms with E-state index in [2.05, 4.69) is 5.32 Å². The van der Waals surface area contributed by atoms with Crippen molar-refractivity contribution in [1.29, 1.82) is 0 Å². The Bertz CT molecular complexity index is 1210. The fourth-order valence-corrected chi connectivity index (χ4v) is 6.54. The molecule has 35 heavy (non-hydrogen) atoms. The van der Waals surface area contributed by atoms with Crippen LogP contribution in [0.5, 0.6) is 11.5 Å². The minimum atomic E-state index is -1.43. The summed E-state index contributed by atoms with van der Waals surface area (Å²) in [6, 6.07) is 13.4. The number of nitrogens with one attached hydrogen (secondary N) is 1. The Morgan fingerprint density at radius 1 is 1.20 bits per heavy atom. The third kappa shape index (κ3) is 3.21. The van der Waals surface area contributed by atoms with Crippen LogP contribution in [0, 0.1) is 5.92 Å². The van der Waals surface area contributed by atoms with Gasteiger partial charge in [-0.25, -0.2) is 4.79 Å². The number of benzene rings is 2. The molecule has 4 N–H and O–H groups in total. The highest BCUT2D eigenvalue weighted by atomic mass is 16.5. The molecule has 1 heterocycles. The number of aliphatic hydroxyl groups is 2. The van der Waals surface area contributed by atoms with Gasteiger partial charge >= 0.3 is 5.97 Å². The fraction of sp³-hybridized carbons (Fsp3) is 0.464. The zero-order valence-corrected chi connectivity index (χ0v) is 19.8. The highest BCUT2D eigenvalue weighted by molar-refractivity contribution is 5.88. The topological polar surface area (TPSA) is 108 Å². The molecule has 1 aliphatic heterocycles. The summed E-state index contributed by atoms with van der Waals surface area (Å²) in [5, 5.41) is 37.0. The van der Waals surface area contributed by atoms with Crippen molar-refractivity contribution in [2.24, 2.45) is 5.92 Å². The normalized spacial score (nSPS) is 30.6. The maximum Gasteiger partial charge on any atom is 0.335 e. The highest BCUT2D eigenvalue weighted by Crippen LogP contribution is 2.64. The van der Waals surface area contributed by atoms with E-state index in [1.165, 1.54) is 12.8 Å². The highest BCUT2D eigenvalue weighted by Gasteiger charge is 2.70. The Morgan fingerprint density at radius 3 is 2.66 bits per heavy atom.